The summed E-state index contributed by atoms with van der Waals surface area (Å²) >= 11 is 0. The van der Waals surface area contributed by atoms with Crippen LogP contribution in [0.5, 0.6) is 0 Å². The number of rotatable bonds is 5. The molecule has 0 amide bonds. The van der Waals surface area contributed by atoms with Crippen molar-refractivity contribution < 1.29 is 10.2 Å². The summed E-state index contributed by atoms with van der Waals surface area (Å²) < 4.78 is 0. The molecule has 4 saturated carbocycles. The lowest BCUT2D eigenvalue weighted by Gasteiger charge is -2.66. The van der Waals surface area contributed by atoms with Gasteiger partial charge in [0.15, 0.2) is 0 Å². The van der Waals surface area contributed by atoms with Crippen molar-refractivity contribution >= 4 is 0 Å². The molecule has 4 rings (SSSR count). The van der Waals surface area contributed by atoms with Gasteiger partial charge in [0.25, 0.3) is 0 Å². The molecule has 0 aromatic rings. The molecule has 0 bridgehead atoms. The molecule has 0 saturated heterocycles. The summed E-state index contributed by atoms with van der Waals surface area (Å²) in [7, 11) is 0. The van der Waals surface area contributed by atoms with E-state index in [9.17, 15) is 10.2 Å². The third-order valence-corrected chi connectivity index (χ3v) is 11.5. The molecule has 10 atom stereocenters. The Bertz CT molecular complexity index is 701. The molecule has 4 fully saturated rings. The van der Waals surface area contributed by atoms with Crippen LogP contribution >= 0.6 is 0 Å². The maximum atomic E-state index is 10.7. The van der Waals surface area contributed by atoms with Crippen molar-refractivity contribution in [3.8, 4) is 0 Å². The Labute approximate surface area is 191 Å². The van der Waals surface area contributed by atoms with Crippen LogP contribution in [0.2, 0.25) is 0 Å². The van der Waals surface area contributed by atoms with Gasteiger partial charge in [-0.1, -0.05) is 26.8 Å². The quantitative estimate of drug-likeness (QED) is 0.480. The van der Waals surface area contributed by atoms with Crippen molar-refractivity contribution in [3.05, 3.63) is 12.7 Å². The zero-order valence-corrected chi connectivity index (χ0v) is 20.9. The van der Waals surface area contributed by atoms with E-state index in [4.69, 9.17) is 5.73 Å². The molecule has 4 N–H and O–H groups in total. The molecular formula is C28H49NO2. The van der Waals surface area contributed by atoms with Crippen molar-refractivity contribution in [2.24, 2.45) is 46.2 Å². The molecule has 0 radical (unpaired) electrons. The molecule has 3 nitrogen and oxygen atoms in total. The lowest BCUT2D eigenvalue weighted by molar-refractivity contribution is -0.158. The van der Waals surface area contributed by atoms with Crippen LogP contribution in [0.4, 0.5) is 0 Å². The lowest BCUT2D eigenvalue weighted by Crippen LogP contribution is -2.68. The monoisotopic (exact) mass is 431 g/mol. The van der Waals surface area contributed by atoms with Gasteiger partial charge in [-0.25, -0.2) is 0 Å². The second-order valence-electron chi connectivity index (χ2n) is 13.5. The van der Waals surface area contributed by atoms with Crippen LogP contribution in [0.25, 0.3) is 0 Å². The van der Waals surface area contributed by atoms with Gasteiger partial charge in [0.2, 0.25) is 0 Å². The Morgan fingerprint density at radius 3 is 2.39 bits per heavy atom. The first kappa shape index (κ1) is 23.8. The van der Waals surface area contributed by atoms with E-state index in [1.54, 1.807) is 6.08 Å². The highest BCUT2D eigenvalue weighted by atomic mass is 16.3. The minimum absolute atomic E-state index is 0.0392. The molecule has 178 valence electrons. The normalized spacial score (nSPS) is 52.4. The Morgan fingerprint density at radius 1 is 1.03 bits per heavy atom. The van der Waals surface area contributed by atoms with Gasteiger partial charge < -0.3 is 15.9 Å². The number of aliphatic hydroxyl groups is 2. The van der Waals surface area contributed by atoms with Gasteiger partial charge in [-0.2, -0.15) is 0 Å². The van der Waals surface area contributed by atoms with Crippen LogP contribution in [0, 0.1) is 40.4 Å². The average molecular weight is 432 g/mol. The fraction of sp³-hybridized carbons (Fsp3) is 0.929. The minimum Gasteiger partial charge on any atom is -0.390 e. The van der Waals surface area contributed by atoms with Gasteiger partial charge in [0.05, 0.1) is 11.2 Å². The van der Waals surface area contributed by atoms with E-state index in [-0.39, 0.29) is 5.54 Å². The molecule has 3 heteroatoms. The lowest BCUT2D eigenvalue weighted by atomic mass is 9.41. The van der Waals surface area contributed by atoms with Crippen molar-refractivity contribution in [3.63, 3.8) is 0 Å². The largest absolute Gasteiger partial charge is 0.390 e. The molecule has 1 unspecified atom stereocenters. The van der Waals surface area contributed by atoms with E-state index in [1.807, 2.05) is 13.8 Å². The molecule has 0 spiro atoms. The predicted molar refractivity (Wildman–Crippen MR) is 128 cm³/mol. The fourth-order valence-electron chi connectivity index (χ4n) is 9.45. The van der Waals surface area contributed by atoms with Crippen LogP contribution in [0.1, 0.15) is 105 Å². The molecule has 4 aliphatic rings. The molecule has 0 aliphatic heterocycles. The molecule has 0 heterocycles. The van der Waals surface area contributed by atoms with Gasteiger partial charge in [-0.05, 0) is 125 Å². The molecule has 4 aliphatic carbocycles. The first-order chi connectivity index (χ1) is 14.3. The summed E-state index contributed by atoms with van der Waals surface area (Å²) in [5, 5.41) is 21.2. The Kier molecular flexibility index (Phi) is 5.80. The van der Waals surface area contributed by atoms with E-state index in [0.717, 1.165) is 38.5 Å². The van der Waals surface area contributed by atoms with Crippen LogP contribution in [0.3, 0.4) is 0 Å². The van der Waals surface area contributed by atoms with E-state index in [2.05, 4.69) is 27.4 Å². The summed E-state index contributed by atoms with van der Waals surface area (Å²) in [4.78, 5) is 0. The highest BCUT2D eigenvalue weighted by molar-refractivity contribution is 5.19. The van der Waals surface area contributed by atoms with E-state index < -0.39 is 11.2 Å². The second-order valence-corrected chi connectivity index (χ2v) is 13.5. The zero-order chi connectivity index (χ0) is 22.9. The summed E-state index contributed by atoms with van der Waals surface area (Å²) in [5.41, 5.74) is 6.85. The SMILES string of the molecule is C=CC(C)(O)CC[C@@H](C)[C@H]1CC[C@@H]2[C@]1(C)CC[C@@H]1[C@@]3(C)CC[C@](C)(O)C[C@@H]3CC[C@]12N. The first-order valence-corrected chi connectivity index (χ1v) is 13.1. The Morgan fingerprint density at radius 2 is 1.71 bits per heavy atom. The number of hydrogen-bond donors (Lipinski definition) is 3. The van der Waals surface area contributed by atoms with Crippen LogP contribution in [-0.2, 0) is 0 Å². The second kappa shape index (κ2) is 7.57. The molecule has 0 aromatic heterocycles. The number of nitrogens with two attached hydrogens (primary N) is 1. The fourth-order valence-corrected chi connectivity index (χ4v) is 9.45. The first-order valence-electron chi connectivity index (χ1n) is 13.1. The van der Waals surface area contributed by atoms with Gasteiger partial charge >= 0.3 is 0 Å². The zero-order valence-electron chi connectivity index (χ0n) is 20.9. The van der Waals surface area contributed by atoms with Gasteiger partial charge in [0.1, 0.15) is 0 Å². The van der Waals surface area contributed by atoms with Crippen molar-refractivity contribution in [2.75, 3.05) is 0 Å². The van der Waals surface area contributed by atoms with E-state index >= 15 is 0 Å². The Hall–Kier alpha value is -0.380. The minimum atomic E-state index is -0.755. The summed E-state index contributed by atoms with van der Waals surface area (Å²) in [5.74, 6) is 3.16. The Balaban J connectivity index is 1.54. The van der Waals surface area contributed by atoms with Crippen LogP contribution in [-0.4, -0.2) is 27.0 Å². The van der Waals surface area contributed by atoms with E-state index in [0.29, 0.717) is 40.4 Å². The van der Waals surface area contributed by atoms with Crippen molar-refractivity contribution in [1.29, 1.82) is 0 Å². The van der Waals surface area contributed by atoms with Gasteiger partial charge in [0, 0.05) is 5.54 Å². The standard InChI is InChI=1S/C28H49NO2/c1-7-24(3,30)13-10-19(2)21-8-9-22-27(21,6)14-12-23-26(5)17-16-25(4,31)18-20(26)11-15-28(22,23)29/h7,19-23,30-31H,1,8-18,29H2,2-6H3/t19-,20+,21-,22-,23-,24?,25+,26+,27-,28-/m1/s1. The van der Waals surface area contributed by atoms with E-state index in [1.165, 1.54) is 32.1 Å². The third kappa shape index (κ3) is 3.75. The molecule has 0 aromatic carbocycles. The van der Waals surface area contributed by atoms with Crippen LogP contribution in [0.15, 0.2) is 12.7 Å². The maximum Gasteiger partial charge on any atom is 0.0797 e. The third-order valence-electron chi connectivity index (χ3n) is 11.5. The number of fused-ring (bicyclic) bond motifs is 5. The summed E-state index contributed by atoms with van der Waals surface area (Å²) in [6, 6.07) is 0. The predicted octanol–water partition coefficient (Wildman–Crippen LogP) is 5.83. The number of hydrogen-bond acceptors (Lipinski definition) is 3. The summed E-state index contributed by atoms with van der Waals surface area (Å²) in [6.45, 7) is 15.2. The average Bonchev–Trinajstić information content (AvgIpc) is 3.05. The van der Waals surface area contributed by atoms with Gasteiger partial charge in [-0.3, -0.25) is 0 Å². The highest BCUT2D eigenvalue weighted by Crippen LogP contribution is 2.69. The smallest absolute Gasteiger partial charge is 0.0797 e. The maximum absolute atomic E-state index is 10.7. The van der Waals surface area contributed by atoms with Crippen molar-refractivity contribution in [2.45, 2.75) is 122 Å². The van der Waals surface area contributed by atoms with Crippen LogP contribution < -0.4 is 5.73 Å². The summed E-state index contributed by atoms with van der Waals surface area (Å²) in [6.07, 6.45) is 14.0. The highest BCUT2D eigenvalue weighted by Gasteiger charge is 2.66. The molecular weight excluding hydrogens is 382 g/mol. The van der Waals surface area contributed by atoms with Crippen molar-refractivity contribution in [1.82, 2.24) is 0 Å². The molecule has 31 heavy (non-hydrogen) atoms. The van der Waals surface area contributed by atoms with Gasteiger partial charge in [-0.15, -0.1) is 6.58 Å². The topological polar surface area (TPSA) is 66.5 Å².